The molecule has 0 saturated heterocycles. The molecule has 0 aliphatic rings. The van der Waals surface area contributed by atoms with Crippen LogP contribution in [0.25, 0.3) is 0 Å². The minimum atomic E-state index is 0. The Hall–Kier alpha value is 0.233. The third kappa shape index (κ3) is 388. The first-order valence-electron chi connectivity index (χ1n) is 0.816. The van der Waals surface area contributed by atoms with Crippen LogP contribution in [0.3, 0.4) is 0 Å². The maximum absolute atomic E-state index is 3.25. The molecule has 0 aromatic carbocycles. The number of allylic oxidation sites excluding steroid dienone is 1. The van der Waals surface area contributed by atoms with Gasteiger partial charge in [-0.2, -0.15) is 0 Å². The van der Waals surface area contributed by atoms with Crippen LogP contribution < -0.4 is 0 Å². The zero-order chi connectivity index (χ0) is 2.71. The van der Waals surface area contributed by atoms with Crippen LogP contribution in [0.1, 0.15) is 0 Å². The molecule has 0 spiro atoms. The fourth-order valence-corrected chi connectivity index (χ4v) is 0. The fraction of sp³-hybridized carbons (Fsp3) is 0. The van der Waals surface area contributed by atoms with E-state index in [9.17, 15) is 0 Å². The van der Waals surface area contributed by atoms with Crippen molar-refractivity contribution in [1.82, 2.24) is 0 Å². The van der Waals surface area contributed by atoms with Crippen molar-refractivity contribution in [2.24, 2.45) is 0 Å². The Morgan fingerprint density at radius 1 is 1.60 bits per heavy atom. The van der Waals surface area contributed by atoms with E-state index in [-0.39, 0.29) is 26.9 Å². The number of rotatable bonds is 0. The molecule has 0 N–H and O–H groups in total. The molecule has 0 bridgehead atoms. The Morgan fingerprint density at radius 3 is 1.60 bits per heavy atom. The van der Waals surface area contributed by atoms with Gasteiger partial charge in [-0.05, 0) is 0 Å². The molecule has 0 fully saturated rings. The Morgan fingerprint density at radius 2 is 1.60 bits per heavy atom. The van der Waals surface area contributed by atoms with E-state index in [1.165, 1.54) is 6.08 Å². The zero-order valence-corrected chi connectivity index (χ0v) is 6.67. The summed E-state index contributed by atoms with van der Waals surface area (Å²) < 4.78 is 0. The van der Waals surface area contributed by atoms with Crippen LogP contribution in [-0.4, -0.2) is 0 Å². The molecule has 26 valence electrons. The van der Waals surface area contributed by atoms with Crippen molar-refractivity contribution in [3.63, 3.8) is 0 Å². The van der Waals surface area contributed by atoms with Gasteiger partial charge >= 0.3 is 19.5 Å². The van der Waals surface area contributed by atoms with Gasteiger partial charge in [0.2, 0.25) is 0 Å². The van der Waals surface area contributed by atoms with Gasteiger partial charge in [0.05, 0.1) is 0 Å². The maximum atomic E-state index is 3.25. The zero-order valence-electron chi connectivity index (χ0n) is 3.70. The second-order valence-corrected chi connectivity index (χ2v) is 0.289. The Bertz CT molecular complexity index is 11.1. The molecule has 1 heteroatoms. The van der Waals surface area contributed by atoms with E-state index in [1.54, 1.807) is 0 Å². The summed E-state index contributed by atoms with van der Waals surface area (Å²) >= 11 is 0. The van der Waals surface area contributed by atoms with Crippen LogP contribution in [0, 0.1) is 14.4 Å². The van der Waals surface area contributed by atoms with E-state index in [0.29, 0.717) is 0 Å². The molecule has 0 amide bonds. The standard InChI is InChI=1S/C3H5.CH3.Zn/c1-3-2;;/h3H,1-2H2;1H3;/q2*-1;+2. The van der Waals surface area contributed by atoms with Crippen LogP contribution in [-0.2, 0) is 19.5 Å². The van der Waals surface area contributed by atoms with E-state index < -0.39 is 0 Å². The van der Waals surface area contributed by atoms with Gasteiger partial charge in [0, 0.05) is 0 Å². The monoisotopic (exact) mass is 120 g/mol. The first-order valence-corrected chi connectivity index (χ1v) is 0.816. The van der Waals surface area contributed by atoms with E-state index in [1.807, 2.05) is 0 Å². The number of hydrogen-bond acceptors (Lipinski definition) is 0. The second-order valence-electron chi connectivity index (χ2n) is 0.289. The molecule has 0 nitrogen and oxygen atoms in total. The van der Waals surface area contributed by atoms with Crippen molar-refractivity contribution in [1.29, 1.82) is 0 Å². The summed E-state index contributed by atoms with van der Waals surface area (Å²) in [6.07, 6.45) is 1.50. The third-order valence-electron chi connectivity index (χ3n) is 0. The third-order valence-corrected chi connectivity index (χ3v) is 0. The molecular weight excluding hydrogens is 113 g/mol. The summed E-state index contributed by atoms with van der Waals surface area (Å²) in [6, 6.07) is 0. The Kier molecular flexibility index (Phi) is 109. The van der Waals surface area contributed by atoms with Crippen molar-refractivity contribution >= 4 is 0 Å². The molecule has 0 aliphatic carbocycles. The normalized spacial score (nSPS) is 2.40. The molecule has 0 unspecified atom stereocenters. The SMILES string of the molecule is C=C[CH2-].[CH3-].[Zn+2]. The van der Waals surface area contributed by atoms with Crippen molar-refractivity contribution in [2.75, 3.05) is 0 Å². The van der Waals surface area contributed by atoms with Gasteiger partial charge in [0.25, 0.3) is 0 Å². The average Bonchev–Trinajstić information content (AvgIpc) is 0.918. The van der Waals surface area contributed by atoms with Crippen LogP contribution in [0.5, 0.6) is 0 Å². The maximum Gasteiger partial charge on any atom is 2.00 e. The summed E-state index contributed by atoms with van der Waals surface area (Å²) in [7, 11) is 0. The summed E-state index contributed by atoms with van der Waals surface area (Å²) in [4.78, 5) is 0. The van der Waals surface area contributed by atoms with E-state index >= 15 is 0 Å². The van der Waals surface area contributed by atoms with Crippen molar-refractivity contribution in [2.45, 2.75) is 0 Å². The molecule has 0 aliphatic heterocycles. The van der Waals surface area contributed by atoms with Crippen LogP contribution in [0.2, 0.25) is 0 Å². The van der Waals surface area contributed by atoms with Gasteiger partial charge in [-0.25, -0.2) is 19.6 Å². The molecule has 5 heavy (non-hydrogen) atoms. The second kappa shape index (κ2) is 29.1. The van der Waals surface area contributed by atoms with Crippen molar-refractivity contribution < 1.29 is 19.5 Å². The fourth-order valence-electron chi connectivity index (χ4n) is 0. The molecule has 0 aromatic rings. The smallest absolute Gasteiger partial charge is 0.358 e. The van der Waals surface area contributed by atoms with Gasteiger partial charge in [-0.1, -0.05) is 0 Å². The van der Waals surface area contributed by atoms with Crippen LogP contribution in [0.15, 0.2) is 12.7 Å². The molecule has 0 aromatic heterocycles. The average molecular weight is 121 g/mol. The quantitative estimate of drug-likeness (QED) is 0.336. The summed E-state index contributed by atoms with van der Waals surface area (Å²) in [5, 5.41) is 0. The van der Waals surface area contributed by atoms with Gasteiger partial charge < -0.3 is 7.43 Å². The van der Waals surface area contributed by atoms with Gasteiger partial charge in [0.1, 0.15) is 0 Å². The molecule has 0 radical (unpaired) electrons. The van der Waals surface area contributed by atoms with Crippen molar-refractivity contribution in [3.8, 4) is 0 Å². The van der Waals surface area contributed by atoms with E-state index in [0.717, 1.165) is 0 Å². The van der Waals surface area contributed by atoms with Crippen LogP contribution >= 0.6 is 0 Å². The predicted octanol–water partition coefficient (Wildman–Crippen LogP) is 1.45. The summed E-state index contributed by atoms with van der Waals surface area (Å²) in [5.74, 6) is 0. The van der Waals surface area contributed by atoms with E-state index in [2.05, 4.69) is 13.5 Å². The Labute approximate surface area is 47.0 Å². The minimum absolute atomic E-state index is 0. The summed E-state index contributed by atoms with van der Waals surface area (Å²) in [5.41, 5.74) is 0. The molecule has 0 atom stereocenters. The largest absolute Gasteiger partial charge is 2.00 e. The molecule has 0 rings (SSSR count). The van der Waals surface area contributed by atoms with Gasteiger partial charge in [0.15, 0.2) is 0 Å². The van der Waals surface area contributed by atoms with Gasteiger partial charge in [-0.15, -0.1) is 0 Å². The first kappa shape index (κ1) is 18.8. The molecule has 0 saturated carbocycles. The van der Waals surface area contributed by atoms with Gasteiger partial charge in [-0.3, -0.25) is 0 Å². The molecule has 0 heterocycles. The van der Waals surface area contributed by atoms with Crippen LogP contribution in [0.4, 0.5) is 0 Å². The Balaban J connectivity index is -0.0000000200. The number of hydrogen-bond donors (Lipinski definition) is 0. The predicted molar refractivity (Wildman–Crippen MR) is 22.0 cm³/mol. The minimum Gasteiger partial charge on any atom is -0.358 e. The van der Waals surface area contributed by atoms with Crippen molar-refractivity contribution in [3.05, 3.63) is 27.0 Å². The topological polar surface area (TPSA) is 0 Å². The van der Waals surface area contributed by atoms with E-state index in [4.69, 9.17) is 0 Å². The molecular formula is C4H8Zn. The summed E-state index contributed by atoms with van der Waals surface area (Å²) in [6.45, 7) is 6.50. The first-order chi connectivity index (χ1) is 1.41.